The molecule has 0 saturated carbocycles. The molecule has 3 aliphatic heterocycles. The number of rotatable bonds is 3. The molecule has 0 atom stereocenters. The highest BCUT2D eigenvalue weighted by Crippen LogP contribution is 2.52. The van der Waals surface area contributed by atoms with Crippen LogP contribution in [0.5, 0.6) is 0 Å². The molecule has 4 heterocycles. The van der Waals surface area contributed by atoms with Crippen molar-refractivity contribution < 1.29 is 0 Å². The molecule has 0 aliphatic carbocycles. The fourth-order valence-corrected chi connectivity index (χ4v) is 9.56. The third kappa shape index (κ3) is 3.90. The lowest BCUT2D eigenvalue weighted by atomic mass is 9.41. The molecule has 3 nitrogen and oxygen atoms in total. The Balaban J connectivity index is 1.10. The molecule has 53 heavy (non-hydrogen) atoms. The van der Waals surface area contributed by atoms with Crippen LogP contribution in [0.15, 0.2) is 176 Å². The molecule has 3 aliphatic rings. The highest BCUT2D eigenvalue weighted by atomic mass is 15.2. The summed E-state index contributed by atoms with van der Waals surface area (Å²) in [7, 11) is 0. The van der Waals surface area contributed by atoms with Gasteiger partial charge in [0.15, 0.2) is 0 Å². The van der Waals surface area contributed by atoms with Crippen molar-refractivity contribution in [2.75, 3.05) is 9.71 Å². The van der Waals surface area contributed by atoms with E-state index in [1.807, 2.05) is 0 Å². The minimum atomic E-state index is 0.0609. The number of hydrogen-bond acceptors (Lipinski definition) is 2. The van der Waals surface area contributed by atoms with Gasteiger partial charge in [-0.15, -0.1) is 0 Å². The average Bonchev–Trinajstić information content (AvgIpc) is 3.55. The second-order valence-electron chi connectivity index (χ2n) is 14.6. The predicted molar refractivity (Wildman–Crippen MR) is 224 cm³/mol. The molecule has 0 saturated heterocycles. The van der Waals surface area contributed by atoms with E-state index < -0.39 is 0 Å². The Labute approximate surface area is 308 Å². The second-order valence-corrected chi connectivity index (χ2v) is 14.6. The molecule has 0 fully saturated rings. The lowest BCUT2D eigenvalue weighted by Crippen LogP contribution is -2.63. The lowest BCUT2D eigenvalue weighted by Gasteiger charge is -2.49. The number of aromatic nitrogens is 1. The minimum absolute atomic E-state index is 0.0609. The maximum Gasteiger partial charge on any atom is 0.333 e. The smallest absolute Gasteiger partial charge is 0.333 e. The van der Waals surface area contributed by atoms with Gasteiger partial charge in [0.1, 0.15) is 0 Å². The van der Waals surface area contributed by atoms with Gasteiger partial charge in [0.05, 0.1) is 11.0 Å². The van der Waals surface area contributed by atoms with Crippen LogP contribution in [0.3, 0.4) is 0 Å². The quantitative estimate of drug-likeness (QED) is 0.173. The Morgan fingerprint density at radius 1 is 0.396 bits per heavy atom. The molecule has 0 spiro atoms. The van der Waals surface area contributed by atoms with Gasteiger partial charge >= 0.3 is 6.85 Å². The van der Waals surface area contributed by atoms with Crippen molar-refractivity contribution in [1.82, 2.24) is 4.57 Å². The first-order valence-electron chi connectivity index (χ1n) is 18.5. The fourth-order valence-electron chi connectivity index (χ4n) is 9.56. The summed E-state index contributed by atoms with van der Waals surface area (Å²) in [5.74, 6) is 0. The largest absolute Gasteiger partial charge is 0.376 e. The normalized spacial score (nSPS) is 13.3. The first kappa shape index (κ1) is 28.9. The van der Waals surface area contributed by atoms with Crippen molar-refractivity contribution in [3.63, 3.8) is 0 Å². The molecule has 8 aromatic carbocycles. The third-order valence-electron chi connectivity index (χ3n) is 11.8. The van der Waals surface area contributed by atoms with Crippen LogP contribution in [0.25, 0.3) is 60.9 Å². The zero-order chi connectivity index (χ0) is 34.8. The van der Waals surface area contributed by atoms with Gasteiger partial charge in [-0.3, -0.25) is 0 Å². The summed E-state index contributed by atoms with van der Waals surface area (Å²) in [5, 5.41) is 2.55. The Bertz CT molecular complexity index is 2930. The van der Waals surface area contributed by atoms with Crippen molar-refractivity contribution in [3.05, 3.63) is 181 Å². The molecular weight excluding hydrogens is 641 g/mol. The monoisotopic (exact) mass is 673 g/mol. The number of hydrogen-bond donors (Lipinski definition) is 0. The Morgan fingerprint density at radius 3 is 1.62 bits per heavy atom. The highest BCUT2D eigenvalue weighted by molar-refractivity contribution is 6.95. The van der Waals surface area contributed by atoms with Gasteiger partial charge in [-0.1, -0.05) is 109 Å². The molecule has 0 unspecified atom stereocenters. The van der Waals surface area contributed by atoms with Crippen molar-refractivity contribution >= 4 is 68.0 Å². The number of aryl methyl sites for hydroxylation is 1. The number of nitrogens with zero attached hydrogens (tertiary/aromatic N) is 3. The van der Waals surface area contributed by atoms with E-state index in [1.54, 1.807) is 0 Å². The van der Waals surface area contributed by atoms with E-state index in [0.717, 1.165) is 11.4 Å². The summed E-state index contributed by atoms with van der Waals surface area (Å²) in [6.07, 6.45) is 0. The zero-order valence-electron chi connectivity index (χ0n) is 29.2. The van der Waals surface area contributed by atoms with Gasteiger partial charge in [-0.2, -0.15) is 0 Å². The molecule has 12 rings (SSSR count). The minimum Gasteiger partial charge on any atom is -0.376 e. The first-order valence-corrected chi connectivity index (χ1v) is 18.5. The second kappa shape index (κ2) is 10.6. The summed E-state index contributed by atoms with van der Waals surface area (Å²) < 4.78 is 2.40. The van der Waals surface area contributed by atoms with Crippen molar-refractivity contribution in [1.29, 1.82) is 0 Å². The fraction of sp³-hybridized carbons (Fsp3) is 0.0204. The van der Waals surface area contributed by atoms with Crippen LogP contribution >= 0.6 is 0 Å². The molecule has 1 aromatic heterocycles. The zero-order valence-corrected chi connectivity index (χ0v) is 29.2. The van der Waals surface area contributed by atoms with Crippen LogP contribution in [0.1, 0.15) is 5.56 Å². The van der Waals surface area contributed by atoms with Crippen LogP contribution in [0, 0.1) is 6.92 Å². The summed E-state index contributed by atoms with van der Waals surface area (Å²) in [4.78, 5) is 5.13. The van der Waals surface area contributed by atoms with E-state index in [0.29, 0.717) is 0 Å². The van der Waals surface area contributed by atoms with E-state index in [1.165, 1.54) is 94.4 Å². The van der Waals surface area contributed by atoms with Crippen molar-refractivity contribution in [2.45, 2.75) is 6.92 Å². The van der Waals surface area contributed by atoms with E-state index in [4.69, 9.17) is 0 Å². The van der Waals surface area contributed by atoms with E-state index >= 15 is 0 Å². The topological polar surface area (TPSA) is 11.4 Å². The van der Waals surface area contributed by atoms with Gasteiger partial charge in [0, 0.05) is 56.0 Å². The molecule has 9 aromatic rings. The summed E-state index contributed by atoms with van der Waals surface area (Å²) in [5.41, 5.74) is 21.4. The van der Waals surface area contributed by atoms with Crippen molar-refractivity contribution in [3.8, 4) is 39.1 Å². The van der Waals surface area contributed by atoms with Gasteiger partial charge in [-0.05, 0) is 113 Å². The molecule has 0 N–H and O–H groups in total. The first-order chi connectivity index (χ1) is 26.2. The Kier molecular flexibility index (Phi) is 5.79. The van der Waals surface area contributed by atoms with Crippen LogP contribution < -0.4 is 20.6 Å². The number of para-hydroxylation sites is 2. The molecule has 0 amide bonds. The lowest BCUT2D eigenvalue weighted by molar-refractivity contribution is 1.17. The molecule has 246 valence electrons. The molecule has 0 radical (unpaired) electrons. The Hall–Kier alpha value is -6.78. The maximum atomic E-state index is 2.62. The van der Waals surface area contributed by atoms with E-state index in [-0.39, 0.29) is 6.85 Å². The van der Waals surface area contributed by atoms with E-state index in [9.17, 15) is 0 Å². The highest BCUT2D eigenvalue weighted by Gasteiger charge is 2.48. The van der Waals surface area contributed by atoms with Crippen LogP contribution in [0.4, 0.5) is 28.4 Å². The third-order valence-corrected chi connectivity index (χ3v) is 11.8. The molecule has 4 heteroatoms. The summed E-state index contributed by atoms with van der Waals surface area (Å²) in [6, 6.07) is 65.2. The maximum absolute atomic E-state index is 2.62. The van der Waals surface area contributed by atoms with Crippen LogP contribution in [-0.4, -0.2) is 11.4 Å². The number of anilines is 5. The van der Waals surface area contributed by atoms with Crippen molar-refractivity contribution in [2.24, 2.45) is 0 Å². The predicted octanol–water partition coefficient (Wildman–Crippen LogP) is 11.4. The van der Waals surface area contributed by atoms with Gasteiger partial charge < -0.3 is 14.3 Å². The summed E-state index contributed by atoms with van der Waals surface area (Å²) in [6.45, 7) is 2.27. The number of fused-ring (bicyclic) bond motifs is 9. The van der Waals surface area contributed by atoms with E-state index in [2.05, 4.69) is 197 Å². The Morgan fingerprint density at radius 2 is 0.962 bits per heavy atom. The standard InChI is InChI=1S/C49H32BN3/c1-31-21-27-44-40(29-31)38-15-9-19-46-48(38)50-49-39(41-30-33(22-28-45(41)53(44)50)32-11-3-2-4-12-32)16-10-20-47(49)52(46)35-25-23-34(24-26-35)51-42-17-7-5-13-36(42)37-14-6-8-18-43(37)51/h2-30H,1H3. The van der Waals surface area contributed by atoms with Crippen LogP contribution in [0.2, 0.25) is 0 Å². The molecule has 0 bridgehead atoms. The van der Waals surface area contributed by atoms with Crippen LogP contribution in [-0.2, 0) is 0 Å². The average molecular weight is 674 g/mol. The van der Waals surface area contributed by atoms with Gasteiger partial charge in [0.25, 0.3) is 0 Å². The van der Waals surface area contributed by atoms with Gasteiger partial charge in [-0.25, -0.2) is 0 Å². The molecular formula is C49H32BN3. The summed E-state index contributed by atoms with van der Waals surface area (Å²) >= 11 is 0. The SMILES string of the molecule is Cc1ccc2c(c1)-c1cccc3c1B1c4c(cccc4N3c3ccc(-n4c5ccccc5c5ccccc54)cc3)-c3cc(-c4ccccc4)ccc3N12. The number of benzene rings is 8. The van der Waals surface area contributed by atoms with Gasteiger partial charge in [0.2, 0.25) is 0 Å².